The average molecular weight is 244 g/mol. The van der Waals surface area contributed by atoms with Gasteiger partial charge in [0.15, 0.2) is 0 Å². The highest BCUT2D eigenvalue weighted by Crippen LogP contribution is 2.22. The zero-order chi connectivity index (χ0) is 12.1. The molecule has 0 amide bonds. The van der Waals surface area contributed by atoms with Crippen molar-refractivity contribution < 1.29 is 0 Å². The molecular formula is C12H22ClN3. The second-order valence-corrected chi connectivity index (χ2v) is 4.80. The molecule has 16 heavy (non-hydrogen) atoms. The van der Waals surface area contributed by atoms with Crippen LogP contribution >= 0.6 is 11.6 Å². The molecule has 0 saturated carbocycles. The predicted octanol–water partition coefficient (Wildman–Crippen LogP) is 2.56. The maximum absolute atomic E-state index is 6.22. The molecule has 0 aliphatic heterocycles. The van der Waals surface area contributed by atoms with E-state index in [0.29, 0.717) is 5.92 Å². The fourth-order valence-corrected chi connectivity index (χ4v) is 2.10. The van der Waals surface area contributed by atoms with E-state index < -0.39 is 0 Å². The Labute approximate surface area is 103 Å². The molecule has 1 aromatic rings. The maximum Gasteiger partial charge on any atom is 0.0847 e. The Kier molecular flexibility index (Phi) is 5.29. The Bertz CT molecular complexity index is 333. The van der Waals surface area contributed by atoms with Gasteiger partial charge in [-0.1, -0.05) is 25.4 Å². The number of aryl methyl sites for hydroxylation is 2. The first-order valence-corrected chi connectivity index (χ1v) is 6.32. The van der Waals surface area contributed by atoms with Crippen molar-refractivity contribution in [3.63, 3.8) is 0 Å². The summed E-state index contributed by atoms with van der Waals surface area (Å²) in [6, 6.07) is 0. The third-order valence-corrected chi connectivity index (χ3v) is 3.36. The Morgan fingerprint density at radius 2 is 2.19 bits per heavy atom. The van der Waals surface area contributed by atoms with Crippen LogP contribution in [0.1, 0.15) is 31.7 Å². The van der Waals surface area contributed by atoms with E-state index in [-0.39, 0.29) is 0 Å². The summed E-state index contributed by atoms with van der Waals surface area (Å²) in [5.41, 5.74) is 2.08. The van der Waals surface area contributed by atoms with Gasteiger partial charge in [-0.05, 0) is 38.8 Å². The molecule has 1 heterocycles. The molecule has 0 saturated heterocycles. The SMILES string of the molecule is CCNCCC(C)Cc1c(Cl)c(C)nn1C. The van der Waals surface area contributed by atoms with Crippen molar-refractivity contribution in [1.82, 2.24) is 15.1 Å². The Morgan fingerprint density at radius 1 is 1.50 bits per heavy atom. The number of nitrogens with zero attached hydrogens (tertiary/aromatic N) is 2. The van der Waals surface area contributed by atoms with Crippen LogP contribution in [-0.2, 0) is 13.5 Å². The molecule has 0 fully saturated rings. The monoisotopic (exact) mass is 243 g/mol. The molecule has 0 aliphatic carbocycles. The topological polar surface area (TPSA) is 29.9 Å². The van der Waals surface area contributed by atoms with Gasteiger partial charge in [-0.25, -0.2) is 0 Å². The van der Waals surface area contributed by atoms with Crippen molar-refractivity contribution in [2.24, 2.45) is 13.0 Å². The van der Waals surface area contributed by atoms with Gasteiger partial charge in [0.05, 0.1) is 16.4 Å². The van der Waals surface area contributed by atoms with E-state index in [1.54, 1.807) is 0 Å². The van der Waals surface area contributed by atoms with Gasteiger partial charge in [-0.3, -0.25) is 4.68 Å². The summed E-state index contributed by atoms with van der Waals surface area (Å²) in [6.45, 7) is 8.46. The van der Waals surface area contributed by atoms with E-state index >= 15 is 0 Å². The van der Waals surface area contributed by atoms with Crippen LogP contribution in [0.15, 0.2) is 0 Å². The van der Waals surface area contributed by atoms with E-state index in [9.17, 15) is 0 Å². The lowest BCUT2D eigenvalue weighted by atomic mass is 10.0. The van der Waals surface area contributed by atoms with Gasteiger partial charge in [-0.2, -0.15) is 5.10 Å². The Balaban J connectivity index is 2.52. The number of rotatable bonds is 6. The lowest BCUT2D eigenvalue weighted by Gasteiger charge is -2.12. The Morgan fingerprint density at radius 3 is 2.69 bits per heavy atom. The Hall–Kier alpha value is -0.540. The maximum atomic E-state index is 6.22. The molecule has 1 rings (SSSR count). The molecule has 4 heteroatoms. The predicted molar refractivity (Wildman–Crippen MR) is 69.0 cm³/mol. The smallest absolute Gasteiger partial charge is 0.0847 e. The van der Waals surface area contributed by atoms with Gasteiger partial charge in [-0.15, -0.1) is 0 Å². The van der Waals surface area contributed by atoms with Crippen LogP contribution in [0.4, 0.5) is 0 Å². The molecule has 1 N–H and O–H groups in total. The van der Waals surface area contributed by atoms with Crippen LogP contribution in [0.3, 0.4) is 0 Å². The summed E-state index contributed by atoms with van der Waals surface area (Å²) in [7, 11) is 1.96. The molecule has 92 valence electrons. The quantitative estimate of drug-likeness (QED) is 0.779. The van der Waals surface area contributed by atoms with Crippen LogP contribution in [0.25, 0.3) is 0 Å². The number of halogens is 1. The van der Waals surface area contributed by atoms with Crippen molar-refractivity contribution >= 4 is 11.6 Å². The van der Waals surface area contributed by atoms with Crippen LogP contribution in [0, 0.1) is 12.8 Å². The third-order valence-electron chi connectivity index (χ3n) is 2.87. The van der Waals surface area contributed by atoms with Gasteiger partial charge < -0.3 is 5.32 Å². The van der Waals surface area contributed by atoms with Gasteiger partial charge >= 0.3 is 0 Å². The van der Waals surface area contributed by atoms with Gasteiger partial charge in [0.2, 0.25) is 0 Å². The third kappa shape index (κ3) is 3.49. The van der Waals surface area contributed by atoms with E-state index in [0.717, 1.165) is 35.9 Å². The number of hydrogen-bond acceptors (Lipinski definition) is 2. The zero-order valence-corrected chi connectivity index (χ0v) is 11.4. The zero-order valence-electron chi connectivity index (χ0n) is 10.7. The molecule has 1 aromatic heterocycles. The summed E-state index contributed by atoms with van der Waals surface area (Å²) in [4.78, 5) is 0. The van der Waals surface area contributed by atoms with Crippen LogP contribution in [-0.4, -0.2) is 22.9 Å². The van der Waals surface area contributed by atoms with Crippen LogP contribution in [0.5, 0.6) is 0 Å². The minimum absolute atomic E-state index is 0.631. The normalized spacial score (nSPS) is 13.1. The van der Waals surface area contributed by atoms with Gasteiger partial charge in [0.25, 0.3) is 0 Å². The first kappa shape index (κ1) is 13.5. The average Bonchev–Trinajstić information content (AvgIpc) is 2.46. The highest BCUT2D eigenvalue weighted by Gasteiger charge is 2.13. The summed E-state index contributed by atoms with van der Waals surface area (Å²) in [6.07, 6.45) is 2.18. The van der Waals surface area contributed by atoms with E-state index in [2.05, 4.69) is 24.3 Å². The highest BCUT2D eigenvalue weighted by atomic mass is 35.5. The molecular weight excluding hydrogens is 222 g/mol. The lowest BCUT2D eigenvalue weighted by molar-refractivity contribution is 0.489. The summed E-state index contributed by atoms with van der Waals surface area (Å²) in [5.74, 6) is 0.631. The van der Waals surface area contributed by atoms with E-state index in [1.807, 2.05) is 18.7 Å². The second kappa shape index (κ2) is 6.26. The first-order chi connectivity index (χ1) is 7.56. The fraction of sp³-hybridized carbons (Fsp3) is 0.750. The van der Waals surface area contributed by atoms with Crippen molar-refractivity contribution in [2.45, 2.75) is 33.6 Å². The highest BCUT2D eigenvalue weighted by molar-refractivity contribution is 6.31. The molecule has 0 bridgehead atoms. The molecule has 0 spiro atoms. The lowest BCUT2D eigenvalue weighted by Crippen LogP contribution is -2.18. The standard InChI is InChI=1S/C12H22ClN3/c1-5-14-7-6-9(2)8-11-12(13)10(3)15-16(11)4/h9,14H,5-8H2,1-4H3. The molecule has 0 aliphatic rings. The molecule has 3 nitrogen and oxygen atoms in total. The minimum Gasteiger partial charge on any atom is -0.317 e. The van der Waals surface area contributed by atoms with E-state index in [1.165, 1.54) is 6.42 Å². The summed E-state index contributed by atoms with van der Waals surface area (Å²) in [5, 5.41) is 8.50. The molecule has 1 unspecified atom stereocenters. The summed E-state index contributed by atoms with van der Waals surface area (Å²) >= 11 is 6.22. The number of hydrogen-bond donors (Lipinski definition) is 1. The molecule has 0 aromatic carbocycles. The van der Waals surface area contributed by atoms with Crippen LogP contribution < -0.4 is 5.32 Å². The van der Waals surface area contributed by atoms with Crippen molar-refractivity contribution in [3.05, 3.63) is 16.4 Å². The molecule has 1 atom stereocenters. The fourth-order valence-electron chi connectivity index (χ4n) is 1.86. The van der Waals surface area contributed by atoms with Crippen LogP contribution in [0.2, 0.25) is 5.02 Å². The largest absolute Gasteiger partial charge is 0.317 e. The van der Waals surface area contributed by atoms with Gasteiger partial charge in [0, 0.05) is 7.05 Å². The molecule has 0 radical (unpaired) electrons. The first-order valence-electron chi connectivity index (χ1n) is 5.95. The summed E-state index contributed by atoms with van der Waals surface area (Å²) < 4.78 is 1.90. The van der Waals surface area contributed by atoms with E-state index in [4.69, 9.17) is 11.6 Å². The number of aromatic nitrogens is 2. The van der Waals surface area contributed by atoms with Crippen molar-refractivity contribution in [2.75, 3.05) is 13.1 Å². The number of nitrogens with one attached hydrogen (secondary N) is 1. The minimum atomic E-state index is 0.631. The second-order valence-electron chi connectivity index (χ2n) is 4.42. The van der Waals surface area contributed by atoms with Crippen molar-refractivity contribution in [3.8, 4) is 0 Å². The van der Waals surface area contributed by atoms with Gasteiger partial charge in [0.1, 0.15) is 0 Å². The van der Waals surface area contributed by atoms with Crippen molar-refractivity contribution in [1.29, 1.82) is 0 Å².